The Morgan fingerprint density at radius 3 is 2.24 bits per heavy atom. The topological polar surface area (TPSA) is 58.2 Å². The van der Waals surface area contributed by atoms with E-state index in [1.807, 2.05) is 49.4 Å². The minimum atomic E-state index is -0.212. The SMILES string of the molecule is Cc1ccc(C(=O)CCNC(=O)NCCCCc2ccccc2)cc1. The molecule has 4 nitrogen and oxygen atoms in total. The zero-order chi connectivity index (χ0) is 17.9. The molecule has 0 radical (unpaired) electrons. The van der Waals surface area contributed by atoms with Crippen LogP contribution >= 0.6 is 0 Å². The van der Waals surface area contributed by atoms with E-state index in [-0.39, 0.29) is 11.8 Å². The fraction of sp³-hybridized carbons (Fsp3) is 0.333. The molecule has 0 aromatic heterocycles. The average molecular weight is 338 g/mol. The van der Waals surface area contributed by atoms with Crippen LogP contribution in [0.1, 0.15) is 40.7 Å². The number of urea groups is 1. The molecule has 2 rings (SSSR count). The monoisotopic (exact) mass is 338 g/mol. The largest absolute Gasteiger partial charge is 0.338 e. The summed E-state index contributed by atoms with van der Waals surface area (Å²) in [6.07, 6.45) is 3.31. The van der Waals surface area contributed by atoms with E-state index in [2.05, 4.69) is 22.8 Å². The third-order valence-electron chi connectivity index (χ3n) is 4.03. The minimum absolute atomic E-state index is 0.0446. The van der Waals surface area contributed by atoms with E-state index >= 15 is 0 Å². The lowest BCUT2D eigenvalue weighted by Gasteiger charge is -2.07. The van der Waals surface area contributed by atoms with Gasteiger partial charge in [-0.05, 0) is 31.7 Å². The zero-order valence-electron chi connectivity index (χ0n) is 14.8. The van der Waals surface area contributed by atoms with Crippen molar-refractivity contribution in [1.29, 1.82) is 0 Å². The summed E-state index contributed by atoms with van der Waals surface area (Å²) < 4.78 is 0. The van der Waals surface area contributed by atoms with Gasteiger partial charge in [-0.2, -0.15) is 0 Å². The molecule has 0 atom stereocenters. The predicted molar refractivity (Wildman–Crippen MR) is 101 cm³/mol. The number of Topliss-reactive ketones (excluding diaryl/α,β-unsaturated/α-hetero) is 1. The van der Waals surface area contributed by atoms with Crippen molar-refractivity contribution in [2.24, 2.45) is 0 Å². The van der Waals surface area contributed by atoms with Crippen LogP contribution in [-0.2, 0) is 6.42 Å². The Morgan fingerprint density at radius 2 is 1.52 bits per heavy atom. The molecule has 0 unspecified atom stereocenters. The normalized spacial score (nSPS) is 10.3. The van der Waals surface area contributed by atoms with Gasteiger partial charge in [-0.3, -0.25) is 4.79 Å². The number of hydrogen-bond donors (Lipinski definition) is 2. The maximum absolute atomic E-state index is 12.0. The number of rotatable bonds is 9. The van der Waals surface area contributed by atoms with E-state index in [9.17, 15) is 9.59 Å². The van der Waals surface area contributed by atoms with Gasteiger partial charge in [-0.1, -0.05) is 60.2 Å². The standard InChI is InChI=1S/C21H26N2O2/c1-17-10-12-19(13-11-17)20(24)14-16-23-21(25)22-15-6-5-9-18-7-3-2-4-8-18/h2-4,7-8,10-13H,5-6,9,14-16H2,1H3,(H2,22,23,25). The number of nitrogens with one attached hydrogen (secondary N) is 2. The first kappa shape index (κ1) is 18.7. The van der Waals surface area contributed by atoms with Gasteiger partial charge in [0, 0.05) is 25.1 Å². The van der Waals surface area contributed by atoms with Gasteiger partial charge in [0.25, 0.3) is 0 Å². The maximum Gasteiger partial charge on any atom is 0.314 e. The van der Waals surface area contributed by atoms with Gasteiger partial charge in [-0.25, -0.2) is 4.79 Å². The van der Waals surface area contributed by atoms with Gasteiger partial charge in [0.15, 0.2) is 5.78 Å². The van der Waals surface area contributed by atoms with Crippen molar-refractivity contribution < 1.29 is 9.59 Å². The lowest BCUT2D eigenvalue weighted by molar-refractivity contribution is 0.0983. The Bertz CT molecular complexity index is 666. The first-order chi connectivity index (χ1) is 12.1. The van der Waals surface area contributed by atoms with Crippen LogP contribution < -0.4 is 10.6 Å². The van der Waals surface area contributed by atoms with Crippen LogP contribution in [-0.4, -0.2) is 24.9 Å². The van der Waals surface area contributed by atoms with Gasteiger partial charge in [0.05, 0.1) is 0 Å². The Labute approximate surface area is 149 Å². The van der Waals surface area contributed by atoms with Gasteiger partial charge >= 0.3 is 6.03 Å². The van der Waals surface area contributed by atoms with Crippen molar-refractivity contribution in [3.05, 3.63) is 71.3 Å². The second-order valence-electron chi connectivity index (χ2n) is 6.16. The third-order valence-corrected chi connectivity index (χ3v) is 4.03. The van der Waals surface area contributed by atoms with Crippen LogP contribution in [0.3, 0.4) is 0 Å². The van der Waals surface area contributed by atoms with E-state index in [0.29, 0.717) is 25.1 Å². The molecule has 0 fully saturated rings. The molecular weight excluding hydrogens is 312 g/mol. The molecule has 0 aliphatic carbocycles. The Hall–Kier alpha value is -2.62. The molecule has 0 bridgehead atoms. The number of amides is 2. The van der Waals surface area contributed by atoms with Crippen molar-refractivity contribution in [2.45, 2.75) is 32.6 Å². The summed E-state index contributed by atoms with van der Waals surface area (Å²) in [7, 11) is 0. The van der Waals surface area contributed by atoms with E-state index in [0.717, 1.165) is 24.8 Å². The number of benzene rings is 2. The number of carbonyl (C=O) groups is 2. The second-order valence-corrected chi connectivity index (χ2v) is 6.16. The van der Waals surface area contributed by atoms with E-state index in [1.54, 1.807) is 0 Å². The molecule has 0 saturated carbocycles. The Balaban J connectivity index is 1.53. The molecule has 0 heterocycles. The van der Waals surface area contributed by atoms with Crippen molar-refractivity contribution in [3.8, 4) is 0 Å². The summed E-state index contributed by atoms with van der Waals surface area (Å²) >= 11 is 0. The lowest BCUT2D eigenvalue weighted by Crippen LogP contribution is -2.37. The highest BCUT2D eigenvalue weighted by atomic mass is 16.2. The quantitative estimate of drug-likeness (QED) is 0.538. The van der Waals surface area contributed by atoms with Gasteiger partial charge in [-0.15, -0.1) is 0 Å². The molecule has 0 aliphatic heterocycles. The molecule has 2 N–H and O–H groups in total. The van der Waals surface area contributed by atoms with E-state index in [1.165, 1.54) is 5.56 Å². The molecule has 25 heavy (non-hydrogen) atoms. The Morgan fingerprint density at radius 1 is 0.840 bits per heavy atom. The highest BCUT2D eigenvalue weighted by Crippen LogP contribution is 2.06. The number of carbonyl (C=O) groups excluding carboxylic acids is 2. The summed E-state index contributed by atoms with van der Waals surface area (Å²) in [6.45, 7) is 2.98. The van der Waals surface area contributed by atoms with Gasteiger partial charge in [0.2, 0.25) is 0 Å². The molecule has 2 amide bonds. The first-order valence-corrected chi connectivity index (χ1v) is 8.80. The van der Waals surface area contributed by atoms with Crippen LogP contribution in [0.5, 0.6) is 0 Å². The number of hydrogen-bond acceptors (Lipinski definition) is 2. The fourth-order valence-corrected chi connectivity index (χ4v) is 2.54. The van der Waals surface area contributed by atoms with Crippen molar-refractivity contribution in [2.75, 3.05) is 13.1 Å². The summed E-state index contributed by atoms with van der Waals surface area (Å²) in [5.41, 5.74) is 3.14. The van der Waals surface area contributed by atoms with Gasteiger partial charge in [0.1, 0.15) is 0 Å². The van der Waals surface area contributed by atoms with Gasteiger partial charge < -0.3 is 10.6 Å². The molecule has 2 aromatic carbocycles. The minimum Gasteiger partial charge on any atom is -0.338 e. The molecule has 0 aliphatic rings. The number of aryl methyl sites for hydroxylation is 2. The van der Waals surface area contributed by atoms with Crippen LogP contribution in [0.4, 0.5) is 4.79 Å². The summed E-state index contributed by atoms with van der Waals surface area (Å²) in [5.74, 6) is 0.0446. The Kier molecular flexibility index (Phi) is 7.70. The fourth-order valence-electron chi connectivity index (χ4n) is 2.54. The van der Waals surface area contributed by atoms with Crippen molar-refractivity contribution in [1.82, 2.24) is 10.6 Å². The second kappa shape index (κ2) is 10.3. The van der Waals surface area contributed by atoms with E-state index in [4.69, 9.17) is 0 Å². The highest BCUT2D eigenvalue weighted by Gasteiger charge is 2.06. The smallest absolute Gasteiger partial charge is 0.314 e. The maximum atomic E-state index is 12.0. The summed E-state index contributed by atoms with van der Waals surface area (Å²) in [6, 6.07) is 17.6. The molecule has 0 saturated heterocycles. The lowest BCUT2D eigenvalue weighted by atomic mass is 10.1. The number of unbranched alkanes of at least 4 members (excludes halogenated alkanes) is 1. The summed E-state index contributed by atoms with van der Waals surface area (Å²) in [4.78, 5) is 23.7. The van der Waals surface area contributed by atoms with Crippen LogP contribution in [0, 0.1) is 6.92 Å². The van der Waals surface area contributed by atoms with Crippen molar-refractivity contribution >= 4 is 11.8 Å². The molecular formula is C21H26N2O2. The van der Waals surface area contributed by atoms with Crippen LogP contribution in [0.15, 0.2) is 54.6 Å². The third kappa shape index (κ3) is 7.21. The molecule has 0 spiro atoms. The number of ketones is 1. The van der Waals surface area contributed by atoms with Crippen molar-refractivity contribution in [3.63, 3.8) is 0 Å². The average Bonchev–Trinajstić information content (AvgIpc) is 2.63. The molecule has 132 valence electrons. The van der Waals surface area contributed by atoms with Crippen LogP contribution in [0.2, 0.25) is 0 Å². The summed E-state index contributed by atoms with van der Waals surface area (Å²) in [5, 5.41) is 5.56. The van der Waals surface area contributed by atoms with E-state index < -0.39 is 0 Å². The highest BCUT2D eigenvalue weighted by molar-refractivity contribution is 5.96. The predicted octanol–water partition coefficient (Wildman–Crippen LogP) is 3.89. The molecule has 4 heteroatoms. The molecule has 2 aromatic rings. The zero-order valence-corrected chi connectivity index (χ0v) is 14.8. The first-order valence-electron chi connectivity index (χ1n) is 8.80. The van der Waals surface area contributed by atoms with Crippen LogP contribution in [0.25, 0.3) is 0 Å².